The molecule has 1 aliphatic heterocycles. The third kappa shape index (κ3) is 5.10. The first-order valence-electron chi connectivity index (χ1n) is 6.28. The van der Waals surface area contributed by atoms with E-state index in [-0.39, 0.29) is 0 Å². The smallest absolute Gasteiger partial charge is 0.191 e. The number of nitrogens with two attached hydrogens (primary N) is 1. The molecule has 16 heavy (non-hydrogen) atoms. The molecular weight excluding hydrogens is 218 g/mol. The number of piperidine rings is 1. The number of aliphatic imine (C=N–C) groups is 1. The number of guanidine groups is 1. The van der Waals surface area contributed by atoms with Crippen molar-refractivity contribution in [3.8, 4) is 0 Å². The minimum atomic E-state index is 0.760. The van der Waals surface area contributed by atoms with Crippen molar-refractivity contribution in [2.24, 2.45) is 16.6 Å². The van der Waals surface area contributed by atoms with Crippen molar-refractivity contribution in [3.63, 3.8) is 0 Å². The second-order valence-corrected chi connectivity index (χ2v) is 5.62. The van der Waals surface area contributed by atoms with E-state index in [0.29, 0.717) is 0 Å². The van der Waals surface area contributed by atoms with E-state index >= 15 is 0 Å². The summed E-state index contributed by atoms with van der Waals surface area (Å²) in [5.74, 6) is 2.76. The van der Waals surface area contributed by atoms with Gasteiger partial charge in [0.2, 0.25) is 0 Å². The van der Waals surface area contributed by atoms with E-state index in [2.05, 4.69) is 23.1 Å². The van der Waals surface area contributed by atoms with Crippen LogP contribution in [0, 0.1) is 5.92 Å². The molecule has 4 heteroatoms. The van der Waals surface area contributed by atoms with Gasteiger partial charge < -0.3 is 10.6 Å². The summed E-state index contributed by atoms with van der Waals surface area (Å²) >= 11 is 1.90. The fourth-order valence-corrected chi connectivity index (χ4v) is 2.54. The summed E-state index contributed by atoms with van der Waals surface area (Å²) in [6.45, 7) is 5.35. The average Bonchev–Trinajstić information content (AvgIpc) is 2.28. The Morgan fingerprint density at radius 3 is 3.00 bits per heavy atom. The van der Waals surface area contributed by atoms with Crippen molar-refractivity contribution in [1.82, 2.24) is 4.90 Å². The van der Waals surface area contributed by atoms with E-state index in [1.165, 1.54) is 25.0 Å². The maximum Gasteiger partial charge on any atom is 0.191 e. The van der Waals surface area contributed by atoms with Gasteiger partial charge in [0.15, 0.2) is 5.96 Å². The van der Waals surface area contributed by atoms with Crippen LogP contribution in [0.25, 0.3) is 0 Å². The first kappa shape index (κ1) is 13.7. The number of rotatable bonds is 5. The van der Waals surface area contributed by atoms with Crippen LogP contribution in [0.4, 0.5) is 0 Å². The SMILES string of the molecule is CSCCCCN=C(N)N1CCCC(C)C1. The highest BCUT2D eigenvalue weighted by Gasteiger charge is 2.17. The van der Waals surface area contributed by atoms with Crippen molar-refractivity contribution in [1.29, 1.82) is 0 Å². The van der Waals surface area contributed by atoms with Crippen LogP contribution in [0.3, 0.4) is 0 Å². The molecule has 1 fully saturated rings. The van der Waals surface area contributed by atoms with Gasteiger partial charge in [0.05, 0.1) is 0 Å². The topological polar surface area (TPSA) is 41.6 Å². The van der Waals surface area contributed by atoms with Crippen molar-refractivity contribution >= 4 is 17.7 Å². The lowest BCUT2D eigenvalue weighted by molar-refractivity contribution is 0.270. The molecule has 0 bridgehead atoms. The minimum absolute atomic E-state index is 0.760. The molecular formula is C12H25N3S. The number of nitrogens with zero attached hydrogens (tertiary/aromatic N) is 2. The van der Waals surface area contributed by atoms with Gasteiger partial charge in [-0.2, -0.15) is 11.8 Å². The Morgan fingerprint density at radius 1 is 1.50 bits per heavy atom. The minimum Gasteiger partial charge on any atom is -0.370 e. The highest BCUT2D eigenvalue weighted by Crippen LogP contribution is 2.14. The molecule has 1 unspecified atom stereocenters. The summed E-state index contributed by atoms with van der Waals surface area (Å²) in [5.41, 5.74) is 6.00. The molecule has 94 valence electrons. The monoisotopic (exact) mass is 243 g/mol. The molecule has 1 heterocycles. The molecule has 0 radical (unpaired) electrons. The van der Waals surface area contributed by atoms with Crippen molar-refractivity contribution in [3.05, 3.63) is 0 Å². The quantitative estimate of drug-likeness (QED) is 0.457. The molecule has 0 aromatic rings. The molecule has 0 amide bonds. The third-order valence-electron chi connectivity index (χ3n) is 3.01. The van der Waals surface area contributed by atoms with Gasteiger partial charge in [-0.3, -0.25) is 4.99 Å². The molecule has 0 spiro atoms. The fourth-order valence-electron chi connectivity index (χ4n) is 2.05. The Morgan fingerprint density at radius 2 is 2.31 bits per heavy atom. The molecule has 0 aromatic heterocycles. The van der Waals surface area contributed by atoms with E-state index in [4.69, 9.17) is 5.73 Å². The van der Waals surface area contributed by atoms with Gasteiger partial charge in [-0.15, -0.1) is 0 Å². The highest BCUT2D eigenvalue weighted by molar-refractivity contribution is 7.98. The Bertz CT molecular complexity index is 218. The van der Waals surface area contributed by atoms with Gasteiger partial charge in [0, 0.05) is 19.6 Å². The van der Waals surface area contributed by atoms with E-state index in [9.17, 15) is 0 Å². The fraction of sp³-hybridized carbons (Fsp3) is 0.917. The maximum absolute atomic E-state index is 6.00. The summed E-state index contributed by atoms with van der Waals surface area (Å²) in [6.07, 6.45) is 7.13. The predicted molar refractivity (Wildman–Crippen MR) is 74.1 cm³/mol. The summed E-state index contributed by atoms with van der Waals surface area (Å²) in [7, 11) is 0. The zero-order chi connectivity index (χ0) is 11.8. The normalized spacial score (nSPS) is 22.5. The summed E-state index contributed by atoms with van der Waals surface area (Å²) in [6, 6.07) is 0. The number of hydrogen-bond acceptors (Lipinski definition) is 2. The lowest BCUT2D eigenvalue weighted by Gasteiger charge is -2.31. The standard InChI is InChI=1S/C12H25N3S/c1-11-6-5-8-15(10-11)12(13)14-7-3-4-9-16-2/h11H,3-10H2,1-2H3,(H2,13,14). The lowest BCUT2D eigenvalue weighted by atomic mass is 10.0. The van der Waals surface area contributed by atoms with Gasteiger partial charge in [-0.1, -0.05) is 6.92 Å². The molecule has 0 aromatic carbocycles. The second-order valence-electron chi connectivity index (χ2n) is 4.63. The molecule has 1 saturated heterocycles. The number of unbranched alkanes of at least 4 members (excludes halogenated alkanes) is 1. The van der Waals surface area contributed by atoms with Crippen LogP contribution in [-0.4, -0.2) is 42.5 Å². The Hall–Kier alpha value is -0.380. The van der Waals surface area contributed by atoms with Crippen LogP contribution in [-0.2, 0) is 0 Å². The molecule has 0 saturated carbocycles. The Balaban J connectivity index is 2.21. The molecule has 1 atom stereocenters. The zero-order valence-electron chi connectivity index (χ0n) is 10.6. The average molecular weight is 243 g/mol. The van der Waals surface area contributed by atoms with Crippen LogP contribution < -0.4 is 5.73 Å². The first-order chi connectivity index (χ1) is 7.74. The first-order valence-corrected chi connectivity index (χ1v) is 7.67. The van der Waals surface area contributed by atoms with Crippen molar-refractivity contribution in [2.75, 3.05) is 31.6 Å². The van der Waals surface area contributed by atoms with Crippen LogP contribution in [0.5, 0.6) is 0 Å². The van der Waals surface area contributed by atoms with Gasteiger partial charge in [-0.25, -0.2) is 0 Å². The van der Waals surface area contributed by atoms with Crippen molar-refractivity contribution < 1.29 is 0 Å². The van der Waals surface area contributed by atoms with E-state index < -0.39 is 0 Å². The zero-order valence-corrected chi connectivity index (χ0v) is 11.4. The van der Waals surface area contributed by atoms with Crippen LogP contribution in [0.2, 0.25) is 0 Å². The highest BCUT2D eigenvalue weighted by atomic mass is 32.2. The Kier molecular flexibility index (Phi) is 6.69. The van der Waals surface area contributed by atoms with E-state index in [0.717, 1.165) is 37.9 Å². The van der Waals surface area contributed by atoms with Gasteiger partial charge in [-0.05, 0) is 43.6 Å². The largest absolute Gasteiger partial charge is 0.370 e. The number of hydrogen-bond donors (Lipinski definition) is 1. The molecule has 3 nitrogen and oxygen atoms in total. The van der Waals surface area contributed by atoms with Gasteiger partial charge in [0.1, 0.15) is 0 Å². The molecule has 1 rings (SSSR count). The third-order valence-corrected chi connectivity index (χ3v) is 3.71. The van der Waals surface area contributed by atoms with Gasteiger partial charge in [0.25, 0.3) is 0 Å². The second kappa shape index (κ2) is 7.82. The number of thioether (sulfide) groups is 1. The predicted octanol–water partition coefficient (Wildman–Crippen LogP) is 2.18. The summed E-state index contributed by atoms with van der Waals surface area (Å²) in [5, 5.41) is 0. The molecule has 2 N–H and O–H groups in total. The van der Waals surface area contributed by atoms with Gasteiger partial charge >= 0.3 is 0 Å². The number of likely N-dealkylation sites (tertiary alicyclic amines) is 1. The van der Waals surface area contributed by atoms with Crippen LogP contribution >= 0.6 is 11.8 Å². The van der Waals surface area contributed by atoms with E-state index in [1.54, 1.807) is 0 Å². The molecule has 1 aliphatic rings. The van der Waals surface area contributed by atoms with Crippen LogP contribution in [0.1, 0.15) is 32.6 Å². The van der Waals surface area contributed by atoms with Crippen molar-refractivity contribution in [2.45, 2.75) is 32.6 Å². The van der Waals surface area contributed by atoms with Crippen LogP contribution in [0.15, 0.2) is 4.99 Å². The summed E-state index contributed by atoms with van der Waals surface area (Å²) in [4.78, 5) is 6.70. The lowest BCUT2D eigenvalue weighted by Crippen LogP contribution is -2.43. The maximum atomic E-state index is 6.00. The Labute approximate surface area is 104 Å². The van der Waals surface area contributed by atoms with E-state index in [1.807, 2.05) is 11.8 Å². The summed E-state index contributed by atoms with van der Waals surface area (Å²) < 4.78 is 0. The molecule has 0 aliphatic carbocycles.